The Morgan fingerprint density at radius 1 is 1.00 bits per heavy atom. The summed E-state index contributed by atoms with van der Waals surface area (Å²) in [6.45, 7) is 0. The molecule has 0 N–H and O–H groups in total. The molecule has 0 aliphatic carbocycles. The summed E-state index contributed by atoms with van der Waals surface area (Å²) in [5.41, 5.74) is 2.03. The zero-order valence-corrected chi connectivity index (χ0v) is 14.6. The highest BCUT2D eigenvalue weighted by Crippen LogP contribution is 2.38. The van der Waals surface area contributed by atoms with Gasteiger partial charge in [-0.15, -0.1) is 0 Å². The number of benzene rings is 3. The largest absolute Gasteiger partial charge is 0.207 e. The van der Waals surface area contributed by atoms with Crippen LogP contribution in [0.5, 0.6) is 0 Å². The van der Waals surface area contributed by atoms with E-state index in [1.165, 1.54) is 12.1 Å². The van der Waals surface area contributed by atoms with Gasteiger partial charge in [-0.1, -0.05) is 39.7 Å². The quantitative estimate of drug-likeness (QED) is 0.355. The van der Waals surface area contributed by atoms with Gasteiger partial charge in [-0.3, -0.25) is 0 Å². The molecule has 0 aliphatic rings. The van der Waals surface area contributed by atoms with Gasteiger partial charge in [0.2, 0.25) is 0 Å². The van der Waals surface area contributed by atoms with Gasteiger partial charge in [0.25, 0.3) is 0 Å². The first-order valence-electron chi connectivity index (χ1n) is 5.89. The van der Waals surface area contributed by atoms with Crippen molar-refractivity contribution < 1.29 is 4.39 Å². The van der Waals surface area contributed by atoms with Crippen molar-refractivity contribution in [1.82, 2.24) is 0 Å². The first-order chi connectivity index (χ1) is 9.56. The van der Waals surface area contributed by atoms with E-state index in [4.69, 9.17) is 11.6 Å². The minimum atomic E-state index is -0.249. The number of hydrogen-bond donors (Lipinski definition) is 0. The van der Waals surface area contributed by atoms with Crippen LogP contribution in [0.15, 0.2) is 53.0 Å². The van der Waals surface area contributed by atoms with Gasteiger partial charge in [-0.05, 0) is 69.9 Å². The lowest BCUT2D eigenvalue weighted by molar-refractivity contribution is 0.630. The van der Waals surface area contributed by atoms with Crippen LogP contribution in [0.3, 0.4) is 0 Å². The van der Waals surface area contributed by atoms with Crippen molar-refractivity contribution in [3.63, 3.8) is 0 Å². The smallest absolute Gasteiger partial charge is 0.123 e. The van der Waals surface area contributed by atoms with Gasteiger partial charge >= 0.3 is 0 Å². The predicted molar refractivity (Wildman–Crippen MR) is 94.8 cm³/mol. The van der Waals surface area contributed by atoms with Gasteiger partial charge in [-0.2, -0.15) is 0 Å². The summed E-state index contributed by atoms with van der Waals surface area (Å²) in [6.07, 6.45) is 0. The van der Waals surface area contributed by atoms with Crippen molar-refractivity contribution in [1.29, 1.82) is 0 Å². The molecule has 0 heterocycles. The minimum Gasteiger partial charge on any atom is -0.207 e. The second-order valence-electron chi connectivity index (χ2n) is 4.42. The van der Waals surface area contributed by atoms with Gasteiger partial charge < -0.3 is 0 Å². The summed E-state index contributed by atoms with van der Waals surface area (Å²) in [4.78, 5) is 0. The number of hydrogen-bond acceptors (Lipinski definition) is 0. The lowest BCUT2D eigenvalue weighted by Crippen LogP contribution is -1.88. The fraction of sp³-hybridized carbons (Fsp3) is 0. The zero-order chi connectivity index (χ0) is 14.3. The molecule has 0 unspecified atom stereocenters. The van der Waals surface area contributed by atoms with Crippen molar-refractivity contribution >= 4 is 60.9 Å². The molecule has 0 aliphatic heterocycles. The normalized spacial score (nSPS) is 11.0. The molecule has 0 bridgehead atoms. The summed E-state index contributed by atoms with van der Waals surface area (Å²) in [7, 11) is 0. The maximum absolute atomic E-state index is 13.3. The van der Waals surface area contributed by atoms with E-state index < -0.39 is 0 Å². The Bertz CT molecular complexity index is 800. The van der Waals surface area contributed by atoms with Gasteiger partial charge in [0.05, 0.1) is 5.02 Å². The number of rotatable bonds is 1. The fourth-order valence-electron chi connectivity index (χ4n) is 2.18. The second kappa shape index (κ2) is 5.62. The molecule has 0 fully saturated rings. The number of fused-ring (bicyclic) bond motifs is 1. The molecule has 0 spiro atoms. The van der Waals surface area contributed by atoms with Gasteiger partial charge in [-0.25, -0.2) is 4.39 Å². The van der Waals surface area contributed by atoms with Crippen LogP contribution in [0.2, 0.25) is 5.02 Å². The average molecular weight is 461 g/mol. The molecule has 3 aromatic carbocycles. The van der Waals surface area contributed by atoms with E-state index in [-0.39, 0.29) is 5.82 Å². The van der Waals surface area contributed by atoms with E-state index in [0.29, 0.717) is 5.02 Å². The minimum absolute atomic E-state index is 0.249. The first-order valence-corrected chi connectivity index (χ1v) is 8.14. The summed E-state index contributed by atoms with van der Waals surface area (Å²) >= 11 is 12.2. The van der Waals surface area contributed by atoms with Crippen LogP contribution in [-0.2, 0) is 0 Å². The lowest BCUT2D eigenvalue weighted by atomic mass is 10.0. The molecular formula is C16H8BrClFI. The van der Waals surface area contributed by atoms with Crippen LogP contribution in [0.1, 0.15) is 0 Å². The van der Waals surface area contributed by atoms with Gasteiger partial charge in [0.15, 0.2) is 0 Å². The molecule has 0 amide bonds. The molecule has 4 heteroatoms. The Labute approximate surface area is 143 Å². The van der Waals surface area contributed by atoms with Gasteiger partial charge in [0.1, 0.15) is 5.82 Å². The lowest BCUT2D eigenvalue weighted by Gasteiger charge is -2.11. The molecule has 0 nitrogen and oxygen atoms in total. The van der Waals surface area contributed by atoms with Crippen molar-refractivity contribution in [2.24, 2.45) is 0 Å². The van der Waals surface area contributed by atoms with Gasteiger partial charge in [0, 0.05) is 19.0 Å². The molecule has 0 radical (unpaired) electrons. The standard InChI is InChI=1S/C16H8BrClFI/c17-11-3-1-9(2-4-11)15-14(20)8-10-7-12(19)5-6-13(10)16(15)18/h1-8H. The van der Waals surface area contributed by atoms with E-state index in [1.54, 1.807) is 6.07 Å². The van der Waals surface area contributed by atoms with E-state index in [9.17, 15) is 4.39 Å². The Kier molecular flexibility index (Phi) is 4.02. The summed E-state index contributed by atoms with van der Waals surface area (Å²) in [5.74, 6) is -0.249. The monoisotopic (exact) mass is 460 g/mol. The summed E-state index contributed by atoms with van der Waals surface area (Å²) in [6, 6.07) is 14.6. The zero-order valence-electron chi connectivity index (χ0n) is 10.1. The van der Waals surface area contributed by atoms with Crippen LogP contribution in [0.25, 0.3) is 21.9 Å². The Hall–Kier alpha value is -0.650. The highest BCUT2D eigenvalue weighted by atomic mass is 127. The third-order valence-corrected chi connectivity index (χ3v) is 4.90. The third kappa shape index (κ3) is 2.59. The van der Waals surface area contributed by atoms with E-state index in [0.717, 1.165) is 29.9 Å². The molecular weight excluding hydrogens is 453 g/mol. The molecule has 0 atom stereocenters. The molecule has 20 heavy (non-hydrogen) atoms. The van der Waals surface area contributed by atoms with E-state index in [2.05, 4.69) is 38.5 Å². The highest BCUT2D eigenvalue weighted by Gasteiger charge is 2.12. The third-order valence-electron chi connectivity index (χ3n) is 3.12. The maximum atomic E-state index is 13.3. The number of halogens is 4. The van der Waals surface area contributed by atoms with Crippen LogP contribution in [-0.4, -0.2) is 0 Å². The SMILES string of the molecule is Fc1ccc2c(Cl)c(-c3ccc(Br)cc3)c(I)cc2c1. The van der Waals surface area contributed by atoms with E-state index >= 15 is 0 Å². The first kappa shape index (κ1) is 14.3. The topological polar surface area (TPSA) is 0 Å². The van der Waals surface area contributed by atoms with E-state index in [1.807, 2.05) is 30.3 Å². The molecule has 0 saturated heterocycles. The van der Waals surface area contributed by atoms with Crippen LogP contribution in [0, 0.1) is 9.39 Å². The van der Waals surface area contributed by atoms with Crippen LogP contribution < -0.4 is 0 Å². The average Bonchev–Trinajstić information content (AvgIpc) is 2.40. The maximum Gasteiger partial charge on any atom is 0.123 e. The highest BCUT2D eigenvalue weighted by molar-refractivity contribution is 14.1. The molecule has 100 valence electrons. The Morgan fingerprint density at radius 3 is 2.40 bits per heavy atom. The molecule has 3 rings (SSSR count). The van der Waals surface area contributed by atoms with Crippen molar-refractivity contribution in [2.75, 3.05) is 0 Å². The summed E-state index contributed by atoms with van der Waals surface area (Å²) in [5, 5.41) is 2.35. The molecule has 3 aromatic rings. The van der Waals surface area contributed by atoms with Crippen LogP contribution >= 0.6 is 50.1 Å². The van der Waals surface area contributed by atoms with Crippen LogP contribution in [0.4, 0.5) is 4.39 Å². The predicted octanol–water partition coefficient (Wildman–Crippen LogP) is 6.67. The molecule has 0 saturated carbocycles. The van der Waals surface area contributed by atoms with Crippen molar-refractivity contribution in [3.8, 4) is 11.1 Å². The van der Waals surface area contributed by atoms with Crippen molar-refractivity contribution in [3.05, 3.63) is 67.4 Å². The Morgan fingerprint density at radius 2 is 1.70 bits per heavy atom. The van der Waals surface area contributed by atoms with Crippen molar-refractivity contribution in [2.45, 2.75) is 0 Å². The Balaban J connectivity index is 2.31. The summed E-state index contributed by atoms with van der Waals surface area (Å²) < 4.78 is 15.3. The fourth-order valence-corrected chi connectivity index (χ4v) is 3.91. The second-order valence-corrected chi connectivity index (χ2v) is 6.88. The molecule has 0 aromatic heterocycles.